The standard InChI is InChI=1S/C12H11NO3.C9H7NO.C4H8O2/c1-3-16-12(15)8-11(14)9-5-4-6-10(7-9)13-2;1-7(11)8-4-3-5-9(6-8)10-2;1-3-6-4(2)5/h4-7H,3,8H2,1H3;3-6H,1H3;3H2,1-2H3. The van der Waals surface area contributed by atoms with Crippen molar-refractivity contribution in [3.05, 3.63) is 82.5 Å². The fourth-order valence-electron chi connectivity index (χ4n) is 2.19. The molecule has 0 atom stereocenters. The van der Waals surface area contributed by atoms with Crippen molar-refractivity contribution in [3.63, 3.8) is 0 Å². The zero-order chi connectivity index (χ0) is 25.2. The summed E-state index contributed by atoms with van der Waals surface area (Å²) in [6.07, 6.45) is -0.282. The third-order valence-electron chi connectivity index (χ3n) is 3.64. The summed E-state index contributed by atoms with van der Waals surface area (Å²) in [5, 5.41) is 0. The smallest absolute Gasteiger partial charge is 0.313 e. The maximum absolute atomic E-state index is 11.6. The summed E-state index contributed by atoms with van der Waals surface area (Å²) in [7, 11) is 0. The van der Waals surface area contributed by atoms with Crippen molar-refractivity contribution < 1.29 is 28.7 Å². The average Bonchev–Trinajstić information content (AvgIpc) is 2.80. The first-order valence-electron chi connectivity index (χ1n) is 9.96. The van der Waals surface area contributed by atoms with Crippen molar-refractivity contribution in [2.45, 2.75) is 34.1 Å². The lowest BCUT2D eigenvalue weighted by atomic mass is 10.1. The molecular formula is C25H26N2O6. The summed E-state index contributed by atoms with van der Waals surface area (Å²) in [6, 6.07) is 13.0. The summed E-state index contributed by atoms with van der Waals surface area (Å²) >= 11 is 0. The molecule has 33 heavy (non-hydrogen) atoms. The van der Waals surface area contributed by atoms with Crippen LogP contribution in [0.25, 0.3) is 9.69 Å². The number of ketones is 2. The topological polar surface area (TPSA) is 95.5 Å². The van der Waals surface area contributed by atoms with Crippen LogP contribution in [0.15, 0.2) is 48.5 Å². The molecule has 0 unspecified atom stereocenters. The molecule has 0 aromatic heterocycles. The van der Waals surface area contributed by atoms with Crippen LogP contribution >= 0.6 is 0 Å². The van der Waals surface area contributed by atoms with Gasteiger partial charge in [-0.05, 0) is 32.9 Å². The van der Waals surface area contributed by atoms with Crippen LogP contribution in [0, 0.1) is 13.1 Å². The molecular weight excluding hydrogens is 424 g/mol. The minimum atomic E-state index is -0.541. The minimum Gasteiger partial charge on any atom is -0.466 e. The van der Waals surface area contributed by atoms with Gasteiger partial charge in [0.1, 0.15) is 6.42 Å². The molecule has 2 aromatic rings. The predicted octanol–water partition coefficient (Wildman–Crippen LogP) is 5.38. The van der Waals surface area contributed by atoms with Gasteiger partial charge in [0.15, 0.2) is 22.9 Å². The van der Waals surface area contributed by atoms with E-state index in [-0.39, 0.29) is 30.6 Å². The molecule has 0 aliphatic carbocycles. The Kier molecular flexibility index (Phi) is 14.3. The number of Topliss-reactive ketones (excluding diaryl/α,β-unsaturated/α-hetero) is 2. The normalized spacial score (nSPS) is 8.79. The van der Waals surface area contributed by atoms with E-state index in [0.717, 1.165) is 0 Å². The molecule has 8 nitrogen and oxygen atoms in total. The number of esters is 2. The fraction of sp³-hybridized carbons (Fsp3) is 0.280. The van der Waals surface area contributed by atoms with Crippen LogP contribution in [0.1, 0.15) is 54.8 Å². The molecule has 0 aliphatic rings. The number of hydrogen-bond donors (Lipinski definition) is 0. The Balaban J connectivity index is 0.000000520. The zero-order valence-electron chi connectivity index (χ0n) is 19.1. The van der Waals surface area contributed by atoms with Crippen molar-refractivity contribution in [1.82, 2.24) is 0 Å². The van der Waals surface area contributed by atoms with E-state index in [2.05, 4.69) is 19.2 Å². The molecule has 0 N–H and O–H groups in total. The molecule has 0 fully saturated rings. The van der Waals surface area contributed by atoms with Gasteiger partial charge in [-0.1, -0.05) is 36.4 Å². The van der Waals surface area contributed by atoms with Crippen LogP contribution in [0.4, 0.5) is 11.4 Å². The molecule has 0 saturated heterocycles. The molecule has 2 rings (SSSR count). The molecule has 0 aliphatic heterocycles. The Morgan fingerprint density at radius 3 is 1.67 bits per heavy atom. The van der Waals surface area contributed by atoms with Gasteiger partial charge in [0.2, 0.25) is 0 Å². The van der Waals surface area contributed by atoms with Gasteiger partial charge in [0.05, 0.1) is 26.4 Å². The van der Waals surface area contributed by atoms with Gasteiger partial charge < -0.3 is 9.47 Å². The molecule has 0 amide bonds. The highest BCUT2D eigenvalue weighted by Gasteiger charge is 2.12. The molecule has 172 valence electrons. The van der Waals surface area contributed by atoms with Gasteiger partial charge in [-0.3, -0.25) is 19.2 Å². The molecule has 0 radical (unpaired) electrons. The van der Waals surface area contributed by atoms with Crippen LogP contribution in [0.5, 0.6) is 0 Å². The molecule has 0 bridgehead atoms. The molecule has 0 saturated carbocycles. The lowest BCUT2D eigenvalue weighted by Gasteiger charge is -2.01. The maximum atomic E-state index is 11.6. The molecule has 8 heteroatoms. The quantitative estimate of drug-likeness (QED) is 0.254. The number of nitrogens with zero attached hydrogens (tertiary/aromatic N) is 2. The third-order valence-corrected chi connectivity index (χ3v) is 3.64. The van der Waals surface area contributed by atoms with Crippen LogP contribution < -0.4 is 0 Å². The van der Waals surface area contributed by atoms with Gasteiger partial charge in [-0.25, -0.2) is 9.69 Å². The number of carbonyl (C=O) groups is 4. The van der Waals surface area contributed by atoms with Gasteiger partial charge in [0.25, 0.3) is 0 Å². The second-order valence-electron chi connectivity index (χ2n) is 6.21. The number of rotatable bonds is 6. The zero-order valence-corrected chi connectivity index (χ0v) is 19.1. The van der Waals surface area contributed by atoms with Crippen molar-refractivity contribution in [1.29, 1.82) is 0 Å². The molecule has 2 aromatic carbocycles. The van der Waals surface area contributed by atoms with Crippen LogP contribution in [-0.4, -0.2) is 36.7 Å². The van der Waals surface area contributed by atoms with E-state index in [0.29, 0.717) is 29.1 Å². The number of carbonyl (C=O) groups excluding carboxylic acids is 4. The van der Waals surface area contributed by atoms with E-state index in [4.69, 9.17) is 13.1 Å². The first-order chi connectivity index (χ1) is 15.7. The predicted molar refractivity (Wildman–Crippen MR) is 123 cm³/mol. The maximum Gasteiger partial charge on any atom is 0.313 e. The minimum absolute atomic E-state index is 0.00417. The number of benzene rings is 2. The van der Waals surface area contributed by atoms with E-state index in [1.165, 1.54) is 19.9 Å². The lowest BCUT2D eigenvalue weighted by molar-refractivity contribution is -0.142. The Morgan fingerprint density at radius 2 is 1.27 bits per heavy atom. The monoisotopic (exact) mass is 450 g/mol. The van der Waals surface area contributed by atoms with Crippen LogP contribution in [-0.2, 0) is 19.1 Å². The highest BCUT2D eigenvalue weighted by molar-refractivity contribution is 6.06. The largest absolute Gasteiger partial charge is 0.466 e. The Labute approximate surface area is 193 Å². The van der Waals surface area contributed by atoms with Gasteiger partial charge >= 0.3 is 11.9 Å². The van der Waals surface area contributed by atoms with E-state index in [1.807, 2.05) is 0 Å². The van der Waals surface area contributed by atoms with Crippen molar-refractivity contribution >= 4 is 34.9 Å². The van der Waals surface area contributed by atoms with E-state index >= 15 is 0 Å². The van der Waals surface area contributed by atoms with E-state index in [1.54, 1.807) is 56.3 Å². The highest BCUT2D eigenvalue weighted by atomic mass is 16.5. The lowest BCUT2D eigenvalue weighted by Crippen LogP contribution is -2.11. The van der Waals surface area contributed by atoms with Crippen molar-refractivity contribution in [2.75, 3.05) is 13.2 Å². The second kappa shape index (κ2) is 16.4. The van der Waals surface area contributed by atoms with E-state index in [9.17, 15) is 19.2 Å². The highest BCUT2D eigenvalue weighted by Crippen LogP contribution is 2.15. The van der Waals surface area contributed by atoms with Gasteiger partial charge in [-0.2, -0.15) is 0 Å². The fourth-order valence-corrected chi connectivity index (χ4v) is 2.19. The third kappa shape index (κ3) is 12.9. The molecule has 0 spiro atoms. The second-order valence-corrected chi connectivity index (χ2v) is 6.21. The summed E-state index contributed by atoms with van der Waals surface area (Å²) in [4.78, 5) is 49.7. The van der Waals surface area contributed by atoms with Gasteiger partial charge in [0, 0.05) is 18.1 Å². The Hall–Kier alpha value is -4.30. The summed E-state index contributed by atoms with van der Waals surface area (Å²) in [6.45, 7) is 20.6. The van der Waals surface area contributed by atoms with Crippen molar-refractivity contribution in [2.24, 2.45) is 0 Å². The first kappa shape index (κ1) is 28.7. The summed E-state index contributed by atoms with van der Waals surface area (Å²) < 4.78 is 9.07. The first-order valence-corrected chi connectivity index (χ1v) is 9.96. The van der Waals surface area contributed by atoms with Crippen LogP contribution in [0.2, 0.25) is 0 Å². The van der Waals surface area contributed by atoms with Crippen molar-refractivity contribution in [3.8, 4) is 0 Å². The SMILES string of the molecule is CCOC(C)=O.[C-]#[N+]c1cccc(C(=O)CC(=O)OCC)c1.[C-]#[N+]c1cccc(C(C)=O)c1. The number of ether oxygens (including phenoxy) is 2. The average molecular weight is 450 g/mol. The van der Waals surface area contributed by atoms with Crippen LogP contribution in [0.3, 0.4) is 0 Å². The Bertz CT molecular complexity index is 1050. The van der Waals surface area contributed by atoms with Gasteiger partial charge in [-0.15, -0.1) is 0 Å². The molecule has 0 heterocycles. The Morgan fingerprint density at radius 1 is 0.788 bits per heavy atom. The summed E-state index contributed by atoms with van der Waals surface area (Å²) in [5.41, 5.74) is 1.85. The number of hydrogen-bond acceptors (Lipinski definition) is 6. The van der Waals surface area contributed by atoms with E-state index < -0.39 is 5.97 Å². The summed E-state index contributed by atoms with van der Waals surface area (Å²) in [5.74, 6) is -1.09.